The minimum atomic E-state index is -0.118. The normalized spacial score (nSPS) is 11.2. The van der Waals surface area contributed by atoms with Crippen LogP contribution >= 0.6 is 0 Å². The van der Waals surface area contributed by atoms with Crippen molar-refractivity contribution in [1.29, 1.82) is 0 Å². The summed E-state index contributed by atoms with van der Waals surface area (Å²) in [5, 5.41) is 0. The molecule has 0 aliphatic heterocycles. The molecule has 70 valence electrons. The Morgan fingerprint density at radius 2 is 2.00 bits per heavy atom. The average Bonchev–Trinajstić information content (AvgIpc) is 1.85. The highest BCUT2D eigenvalue weighted by molar-refractivity contribution is 5.42. The first-order valence-electron chi connectivity index (χ1n) is 4.35. The zero-order valence-electron chi connectivity index (χ0n) is 8.46. The second kappa shape index (κ2) is 5.07. The third-order valence-electron chi connectivity index (χ3n) is 1.42. The van der Waals surface area contributed by atoms with Gasteiger partial charge in [-0.3, -0.25) is 0 Å². The molecule has 0 bridgehead atoms. The fourth-order valence-electron chi connectivity index (χ4n) is 0.689. The number of hydrogen-bond acceptors (Lipinski definition) is 3. The molecule has 0 unspecified atom stereocenters. The van der Waals surface area contributed by atoms with Gasteiger partial charge in [0, 0.05) is 0 Å². The van der Waals surface area contributed by atoms with Crippen molar-refractivity contribution in [2.45, 2.75) is 45.7 Å². The molecule has 0 amide bonds. The van der Waals surface area contributed by atoms with E-state index in [4.69, 9.17) is 5.73 Å². The number of hydrogen-bond donors (Lipinski definition) is 1. The van der Waals surface area contributed by atoms with Gasteiger partial charge in [-0.2, -0.15) is 0 Å². The van der Waals surface area contributed by atoms with E-state index >= 15 is 0 Å². The van der Waals surface area contributed by atoms with Gasteiger partial charge in [-0.05, 0) is 40.7 Å². The van der Waals surface area contributed by atoms with E-state index in [9.17, 15) is 0 Å². The minimum absolute atomic E-state index is 0.118. The highest BCUT2D eigenvalue weighted by atomic mass is 14.9. The lowest BCUT2D eigenvalue weighted by Gasteiger charge is -2.15. The first kappa shape index (κ1) is 11.3. The Morgan fingerprint density at radius 3 is 2.42 bits per heavy atom. The Labute approximate surface area is 74.8 Å². The SMILES string of the molecule is CC(C)N=C=NC(C)(C)CCN. The highest BCUT2D eigenvalue weighted by Gasteiger charge is 2.13. The molecule has 0 atom stereocenters. The molecule has 0 rings (SSSR count). The van der Waals surface area contributed by atoms with Crippen LogP contribution in [0.15, 0.2) is 9.98 Å². The summed E-state index contributed by atoms with van der Waals surface area (Å²) in [6.07, 6.45) is 0.869. The molecule has 3 heteroatoms. The third-order valence-corrected chi connectivity index (χ3v) is 1.42. The molecule has 0 fully saturated rings. The molecular weight excluding hydrogens is 150 g/mol. The maximum Gasteiger partial charge on any atom is 0.0900 e. The van der Waals surface area contributed by atoms with Crippen molar-refractivity contribution in [3.63, 3.8) is 0 Å². The lowest BCUT2D eigenvalue weighted by Crippen LogP contribution is -2.21. The Morgan fingerprint density at radius 1 is 1.42 bits per heavy atom. The summed E-state index contributed by atoms with van der Waals surface area (Å²) in [5.74, 6) is 0. The summed E-state index contributed by atoms with van der Waals surface area (Å²) < 4.78 is 0. The average molecular weight is 169 g/mol. The fourth-order valence-corrected chi connectivity index (χ4v) is 0.689. The summed E-state index contributed by atoms with van der Waals surface area (Å²) in [7, 11) is 0. The molecule has 12 heavy (non-hydrogen) atoms. The van der Waals surface area contributed by atoms with Crippen molar-refractivity contribution in [2.24, 2.45) is 15.7 Å². The molecule has 0 aromatic heterocycles. The van der Waals surface area contributed by atoms with Gasteiger partial charge in [-0.1, -0.05) is 0 Å². The molecule has 0 radical (unpaired) electrons. The highest BCUT2D eigenvalue weighted by Crippen LogP contribution is 2.11. The van der Waals surface area contributed by atoms with Crippen LogP contribution in [0, 0.1) is 0 Å². The molecule has 0 aliphatic carbocycles. The van der Waals surface area contributed by atoms with Crippen molar-refractivity contribution in [3.8, 4) is 0 Å². The number of rotatable bonds is 4. The van der Waals surface area contributed by atoms with E-state index in [1.165, 1.54) is 0 Å². The lowest BCUT2D eigenvalue weighted by molar-refractivity contribution is 0.489. The van der Waals surface area contributed by atoms with Gasteiger partial charge in [-0.15, -0.1) is 0 Å². The van der Waals surface area contributed by atoms with E-state index in [0.29, 0.717) is 6.54 Å². The van der Waals surface area contributed by atoms with Gasteiger partial charge >= 0.3 is 0 Å². The van der Waals surface area contributed by atoms with Crippen molar-refractivity contribution < 1.29 is 0 Å². The van der Waals surface area contributed by atoms with Gasteiger partial charge in [-0.25, -0.2) is 9.98 Å². The van der Waals surface area contributed by atoms with Crippen LogP contribution in [0.1, 0.15) is 34.1 Å². The van der Waals surface area contributed by atoms with Crippen LogP contribution in [0.5, 0.6) is 0 Å². The molecule has 0 spiro atoms. The summed E-state index contributed by atoms with van der Waals surface area (Å²) in [6, 6.07) is 2.97. The van der Waals surface area contributed by atoms with E-state index in [1.54, 1.807) is 0 Å². The van der Waals surface area contributed by atoms with Gasteiger partial charge in [0.05, 0.1) is 17.6 Å². The zero-order valence-corrected chi connectivity index (χ0v) is 8.46. The van der Waals surface area contributed by atoms with Crippen LogP contribution in [0.3, 0.4) is 0 Å². The van der Waals surface area contributed by atoms with Crippen LogP contribution in [-0.4, -0.2) is 24.1 Å². The van der Waals surface area contributed by atoms with E-state index in [1.807, 2.05) is 27.7 Å². The molecular formula is C9H19N3. The number of nitrogens with zero attached hydrogens (tertiary/aromatic N) is 2. The lowest BCUT2D eigenvalue weighted by atomic mass is 10.0. The molecule has 0 saturated heterocycles. The summed E-state index contributed by atoms with van der Waals surface area (Å²) >= 11 is 0. The van der Waals surface area contributed by atoms with E-state index in [0.717, 1.165) is 6.42 Å². The van der Waals surface area contributed by atoms with Crippen LogP contribution in [0.2, 0.25) is 0 Å². The predicted octanol–water partition coefficient (Wildman–Crippen LogP) is 1.70. The van der Waals surface area contributed by atoms with Crippen molar-refractivity contribution in [3.05, 3.63) is 0 Å². The van der Waals surface area contributed by atoms with Gasteiger partial charge < -0.3 is 5.73 Å². The molecule has 0 aromatic rings. The smallest absolute Gasteiger partial charge is 0.0900 e. The Kier molecular flexibility index (Phi) is 4.79. The minimum Gasteiger partial charge on any atom is -0.330 e. The van der Waals surface area contributed by atoms with E-state index < -0.39 is 0 Å². The summed E-state index contributed by atoms with van der Waals surface area (Å²) in [5.41, 5.74) is 5.31. The van der Waals surface area contributed by atoms with E-state index in [2.05, 4.69) is 16.0 Å². The number of aliphatic imine (C=N–C) groups is 2. The molecule has 2 N–H and O–H groups in total. The Hall–Kier alpha value is -0.660. The van der Waals surface area contributed by atoms with Crippen molar-refractivity contribution >= 4 is 6.01 Å². The van der Waals surface area contributed by atoms with Crippen molar-refractivity contribution in [1.82, 2.24) is 0 Å². The van der Waals surface area contributed by atoms with Gasteiger partial charge in [0.15, 0.2) is 0 Å². The molecule has 0 saturated carbocycles. The molecule has 0 aliphatic rings. The van der Waals surface area contributed by atoms with Crippen molar-refractivity contribution in [2.75, 3.05) is 6.54 Å². The van der Waals surface area contributed by atoms with Gasteiger partial charge in [0.2, 0.25) is 0 Å². The van der Waals surface area contributed by atoms with Gasteiger partial charge in [0.25, 0.3) is 0 Å². The topological polar surface area (TPSA) is 50.7 Å². The summed E-state index contributed by atoms with van der Waals surface area (Å²) in [4.78, 5) is 8.22. The molecule has 0 aromatic carbocycles. The standard InChI is InChI=1S/C9H19N3/c1-8(2)11-7-12-9(3,4)5-6-10/h8H,5-6,10H2,1-4H3. The maximum absolute atomic E-state index is 5.43. The fraction of sp³-hybridized carbons (Fsp3) is 0.889. The van der Waals surface area contributed by atoms with Crippen LogP contribution in [0.25, 0.3) is 0 Å². The quantitative estimate of drug-likeness (QED) is 0.640. The summed E-state index contributed by atoms with van der Waals surface area (Å²) in [6.45, 7) is 8.71. The van der Waals surface area contributed by atoms with Crippen LogP contribution in [-0.2, 0) is 0 Å². The van der Waals surface area contributed by atoms with Gasteiger partial charge in [0.1, 0.15) is 0 Å². The second-order valence-electron chi connectivity index (χ2n) is 3.79. The first-order chi connectivity index (χ1) is 5.48. The van der Waals surface area contributed by atoms with E-state index in [-0.39, 0.29) is 11.6 Å². The predicted molar refractivity (Wildman–Crippen MR) is 52.7 cm³/mol. The monoisotopic (exact) mass is 169 g/mol. The maximum atomic E-state index is 5.43. The third kappa shape index (κ3) is 6.08. The molecule has 3 nitrogen and oxygen atoms in total. The second-order valence-corrected chi connectivity index (χ2v) is 3.79. The largest absolute Gasteiger partial charge is 0.330 e. The Balaban J connectivity index is 4.12. The number of nitrogens with two attached hydrogens (primary N) is 1. The van der Waals surface area contributed by atoms with Crippen LogP contribution in [0.4, 0.5) is 0 Å². The molecule has 0 heterocycles. The van der Waals surface area contributed by atoms with Crippen LogP contribution < -0.4 is 5.73 Å². The first-order valence-corrected chi connectivity index (χ1v) is 4.35. The zero-order chi connectivity index (χ0) is 9.61. The Bertz CT molecular complexity index is 176.